The van der Waals surface area contributed by atoms with Crippen molar-refractivity contribution in [1.29, 1.82) is 0 Å². The topological polar surface area (TPSA) is 37.3 Å². The Labute approximate surface area is 87.7 Å². The van der Waals surface area contributed by atoms with Gasteiger partial charge in [0.1, 0.15) is 5.41 Å². The molecule has 13 heavy (non-hydrogen) atoms. The highest BCUT2D eigenvalue weighted by Gasteiger charge is 2.43. The number of carbonyl (C=O) groups is 1. The lowest BCUT2D eigenvalue weighted by Gasteiger charge is -2.33. The lowest BCUT2D eigenvalue weighted by Crippen LogP contribution is -2.35. The van der Waals surface area contributed by atoms with Crippen molar-refractivity contribution < 1.29 is 9.90 Å². The summed E-state index contributed by atoms with van der Waals surface area (Å²) >= 11 is 9.97. The van der Waals surface area contributed by atoms with Crippen molar-refractivity contribution in [3.8, 4) is 0 Å². The summed E-state index contributed by atoms with van der Waals surface area (Å²) in [6.07, 6.45) is 3.48. The highest BCUT2D eigenvalue weighted by Crippen LogP contribution is 2.44. The smallest absolute Gasteiger partial charge is 0.315 e. The standard InChI is InChI=1S/C9H11ClO2S/c1-5-3-4-6(10)7(13)9(5,2)8(11)12/h3-5,13H,1-2H3,(H,11,12). The molecule has 1 aliphatic carbocycles. The van der Waals surface area contributed by atoms with Crippen molar-refractivity contribution in [1.82, 2.24) is 0 Å². The number of carboxylic acids is 1. The maximum atomic E-state index is 11.1. The molecule has 0 aromatic rings. The minimum atomic E-state index is -0.991. The van der Waals surface area contributed by atoms with Crippen LogP contribution in [0.2, 0.25) is 0 Å². The van der Waals surface area contributed by atoms with Crippen LogP contribution in [-0.4, -0.2) is 11.1 Å². The Hall–Kier alpha value is -0.410. The lowest BCUT2D eigenvalue weighted by atomic mass is 9.75. The van der Waals surface area contributed by atoms with Gasteiger partial charge < -0.3 is 5.11 Å². The van der Waals surface area contributed by atoms with Crippen molar-refractivity contribution in [2.75, 3.05) is 0 Å². The van der Waals surface area contributed by atoms with Crippen molar-refractivity contribution in [2.45, 2.75) is 13.8 Å². The Kier molecular flexibility index (Phi) is 2.78. The number of hydrogen-bond acceptors (Lipinski definition) is 2. The molecule has 0 radical (unpaired) electrons. The van der Waals surface area contributed by atoms with Crippen molar-refractivity contribution in [3.63, 3.8) is 0 Å². The van der Waals surface area contributed by atoms with Gasteiger partial charge in [-0.3, -0.25) is 4.79 Å². The van der Waals surface area contributed by atoms with Gasteiger partial charge in [0.2, 0.25) is 0 Å². The Balaban J connectivity index is 3.24. The third-order valence-corrected chi connectivity index (χ3v) is 3.76. The molecule has 2 nitrogen and oxygen atoms in total. The zero-order valence-corrected chi connectivity index (χ0v) is 9.06. The van der Waals surface area contributed by atoms with Gasteiger partial charge in [0.05, 0.1) is 5.03 Å². The summed E-state index contributed by atoms with van der Waals surface area (Å²) in [4.78, 5) is 11.5. The Morgan fingerprint density at radius 2 is 2.31 bits per heavy atom. The molecule has 0 amide bonds. The second kappa shape index (κ2) is 3.39. The molecular formula is C9H11ClO2S. The van der Waals surface area contributed by atoms with Gasteiger partial charge in [-0.1, -0.05) is 24.6 Å². The summed E-state index contributed by atoms with van der Waals surface area (Å²) in [5.74, 6) is -0.993. The van der Waals surface area contributed by atoms with Crippen molar-refractivity contribution in [2.24, 2.45) is 11.3 Å². The van der Waals surface area contributed by atoms with Gasteiger partial charge in [-0.2, -0.15) is 0 Å². The summed E-state index contributed by atoms with van der Waals surface area (Å²) in [7, 11) is 0. The van der Waals surface area contributed by atoms with Gasteiger partial charge in [0.15, 0.2) is 0 Å². The van der Waals surface area contributed by atoms with Crippen LogP contribution in [0.3, 0.4) is 0 Å². The van der Waals surface area contributed by atoms with E-state index >= 15 is 0 Å². The largest absolute Gasteiger partial charge is 0.481 e. The third kappa shape index (κ3) is 1.51. The van der Waals surface area contributed by atoms with Crippen LogP contribution < -0.4 is 0 Å². The fourth-order valence-corrected chi connectivity index (χ4v) is 1.90. The molecule has 0 spiro atoms. The highest BCUT2D eigenvalue weighted by molar-refractivity contribution is 7.84. The molecular weight excluding hydrogens is 208 g/mol. The van der Waals surface area contributed by atoms with Crippen LogP contribution in [0.15, 0.2) is 22.1 Å². The number of thiol groups is 1. The summed E-state index contributed by atoms with van der Waals surface area (Å²) < 4.78 is 0. The second-order valence-corrected chi connectivity index (χ2v) is 4.21. The number of carboxylic acid groups (broad SMARTS) is 1. The van der Waals surface area contributed by atoms with Gasteiger partial charge in [0, 0.05) is 4.91 Å². The van der Waals surface area contributed by atoms with E-state index in [1.54, 1.807) is 19.1 Å². The molecule has 1 N–H and O–H groups in total. The number of allylic oxidation sites excluding steroid dienone is 3. The number of rotatable bonds is 1. The highest BCUT2D eigenvalue weighted by atomic mass is 35.5. The molecule has 0 saturated carbocycles. The van der Waals surface area contributed by atoms with Crippen LogP contribution in [-0.2, 0) is 4.79 Å². The van der Waals surface area contributed by atoms with Crippen LogP contribution in [0.1, 0.15) is 13.8 Å². The van der Waals surface area contributed by atoms with Crippen LogP contribution in [0, 0.1) is 11.3 Å². The molecule has 0 aliphatic heterocycles. The molecule has 0 aromatic heterocycles. The average Bonchev–Trinajstić information content (AvgIpc) is 2.08. The second-order valence-electron chi connectivity index (χ2n) is 3.35. The van der Waals surface area contributed by atoms with E-state index in [0.29, 0.717) is 9.94 Å². The fraction of sp³-hybridized carbons (Fsp3) is 0.444. The summed E-state index contributed by atoms with van der Waals surface area (Å²) in [6.45, 7) is 3.47. The van der Waals surface area contributed by atoms with E-state index in [4.69, 9.17) is 16.7 Å². The maximum absolute atomic E-state index is 11.1. The SMILES string of the molecule is CC1C=CC(Cl)=C(S)C1(C)C(=O)O. The summed E-state index contributed by atoms with van der Waals surface area (Å²) in [5, 5.41) is 9.49. The molecule has 0 fully saturated rings. The lowest BCUT2D eigenvalue weighted by molar-refractivity contribution is -0.147. The minimum absolute atomic E-state index is 0.0972. The van der Waals surface area contributed by atoms with E-state index in [2.05, 4.69) is 12.6 Å². The van der Waals surface area contributed by atoms with Gasteiger partial charge in [-0.05, 0) is 18.9 Å². The predicted octanol–water partition coefficient (Wildman–Crippen LogP) is 2.66. The van der Waals surface area contributed by atoms with Crippen LogP contribution >= 0.6 is 24.2 Å². The summed E-state index contributed by atoms with van der Waals surface area (Å²) in [6, 6.07) is 0. The maximum Gasteiger partial charge on any atom is 0.315 e. The van der Waals surface area contributed by atoms with Crippen molar-refractivity contribution in [3.05, 3.63) is 22.1 Å². The van der Waals surface area contributed by atoms with Gasteiger partial charge in [-0.15, -0.1) is 12.6 Å². The quantitative estimate of drug-likeness (QED) is 0.664. The molecule has 0 saturated heterocycles. The third-order valence-electron chi connectivity index (χ3n) is 2.60. The minimum Gasteiger partial charge on any atom is -0.481 e. The molecule has 1 aliphatic rings. The molecule has 2 unspecified atom stereocenters. The molecule has 0 bridgehead atoms. The molecule has 4 heteroatoms. The molecule has 1 rings (SSSR count). The van der Waals surface area contributed by atoms with Crippen LogP contribution in [0.25, 0.3) is 0 Å². The molecule has 72 valence electrons. The Bertz CT molecular complexity index is 309. The van der Waals surface area contributed by atoms with E-state index < -0.39 is 11.4 Å². The summed E-state index contributed by atoms with van der Waals surface area (Å²) in [5.41, 5.74) is -0.991. The van der Waals surface area contributed by atoms with Crippen LogP contribution in [0.4, 0.5) is 0 Å². The first kappa shape index (κ1) is 10.7. The molecule has 0 heterocycles. The van der Waals surface area contributed by atoms with Crippen LogP contribution in [0.5, 0.6) is 0 Å². The van der Waals surface area contributed by atoms with Gasteiger partial charge in [0.25, 0.3) is 0 Å². The van der Waals surface area contributed by atoms with E-state index in [1.807, 2.05) is 6.92 Å². The number of aliphatic carboxylic acids is 1. The van der Waals surface area contributed by atoms with E-state index in [1.165, 1.54) is 0 Å². The zero-order valence-electron chi connectivity index (χ0n) is 7.41. The predicted molar refractivity (Wildman–Crippen MR) is 55.9 cm³/mol. The van der Waals surface area contributed by atoms with Crippen molar-refractivity contribution >= 4 is 30.2 Å². The first-order valence-corrected chi connectivity index (χ1v) is 4.74. The van der Waals surface area contributed by atoms with E-state index in [9.17, 15) is 4.79 Å². The van der Waals surface area contributed by atoms with E-state index in [-0.39, 0.29) is 5.92 Å². The number of halogens is 1. The molecule has 2 atom stereocenters. The number of hydrogen-bond donors (Lipinski definition) is 2. The average molecular weight is 219 g/mol. The van der Waals surface area contributed by atoms with Gasteiger partial charge in [-0.25, -0.2) is 0 Å². The molecule has 0 aromatic carbocycles. The first-order chi connectivity index (χ1) is 5.90. The Morgan fingerprint density at radius 1 is 1.77 bits per heavy atom. The van der Waals surface area contributed by atoms with Gasteiger partial charge >= 0.3 is 5.97 Å². The monoisotopic (exact) mass is 218 g/mol. The Morgan fingerprint density at radius 3 is 2.69 bits per heavy atom. The van der Waals surface area contributed by atoms with E-state index in [0.717, 1.165) is 0 Å². The fourth-order valence-electron chi connectivity index (χ4n) is 1.26. The zero-order chi connectivity index (χ0) is 10.2. The normalized spacial score (nSPS) is 33.7. The first-order valence-electron chi connectivity index (χ1n) is 3.91.